The van der Waals surface area contributed by atoms with Crippen molar-refractivity contribution in [3.63, 3.8) is 0 Å². The Kier molecular flexibility index (Phi) is 8.20. The van der Waals surface area contributed by atoms with Gasteiger partial charge in [-0.15, -0.1) is 0 Å². The van der Waals surface area contributed by atoms with E-state index in [4.69, 9.17) is 11.5 Å². The largest absolute Gasteiger partial charge is 0.391 e. The van der Waals surface area contributed by atoms with Crippen LogP contribution in [0.25, 0.3) is 0 Å². The van der Waals surface area contributed by atoms with Gasteiger partial charge in [0.2, 0.25) is 0 Å². The fourth-order valence-corrected chi connectivity index (χ4v) is 1.71. The third-order valence-corrected chi connectivity index (χ3v) is 2.81. The highest BCUT2D eigenvalue weighted by molar-refractivity contribution is 7.98. The smallest absolute Gasteiger partial charge is 0.330 e. The van der Waals surface area contributed by atoms with Crippen LogP contribution in [0, 0.1) is 5.92 Å². The Morgan fingerprint density at radius 1 is 1.18 bits per heavy atom. The second-order valence-corrected chi connectivity index (χ2v) is 5.35. The molecule has 0 aromatic rings. The highest BCUT2D eigenvalue weighted by Crippen LogP contribution is 2.05. The first kappa shape index (κ1) is 16.4. The Hall–Kier alpha value is -0.590. The first-order valence-corrected chi connectivity index (χ1v) is 7.03. The molecule has 4 N–H and O–H groups in total. The van der Waals surface area contributed by atoms with Crippen LogP contribution in [0.2, 0.25) is 0 Å². The predicted molar refractivity (Wildman–Crippen MR) is 69.5 cm³/mol. The van der Waals surface area contributed by atoms with Crippen molar-refractivity contribution in [3.05, 3.63) is 0 Å². The van der Waals surface area contributed by atoms with Gasteiger partial charge in [-0.05, 0) is 30.8 Å². The summed E-state index contributed by atoms with van der Waals surface area (Å²) in [7, 11) is 0. The molecule has 0 saturated heterocycles. The molecule has 0 saturated carbocycles. The molecule has 0 aromatic carbocycles. The average Bonchev–Trinajstić information content (AvgIpc) is 2.24. The van der Waals surface area contributed by atoms with Gasteiger partial charge in [0.05, 0.1) is 0 Å². The number of rotatable bonds is 7. The molecule has 0 spiro atoms. The van der Waals surface area contributed by atoms with Gasteiger partial charge in [-0.1, -0.05) is 13.8 Å². The number of hydrogen-bond donors (Lipinski definition) is 2. The van der Waals surface area contributed by atoms with E-state index in [1.54, 1.807) is 11.8 Å². The molecule has 0 aromatic heterocycles. The average molecular weight is 262 g/mol. The lowest BCUT2D eigenvalue weighted by atomic mass is 10.1. The topological polar surface area (TPSA) is 95.4 Å². The number of thioether (sulfide) groups is 1. The van der Waals surface area contributed by atoms with E-state index < -0.39 is 24.0 Å². The molecule has 5 nitrogen and oxygen atoms in total. The quantitative estimate of drug-likeness (QED) is 0.513. The standard InChI is InChI=1S/C11H22N2O3S/c1-7(2)6-9(13)11(15)16-10(14)8(12)4-5-17-3/h7-9H,4-6,12-13H2,1-3H3/t8-,9-/m0/s1. The first-order valence-electron chi connectivity index (χ1n) is 5.64. The zero-order valence-electron chi connectivity index (χ0n) is 10.6. The molecule has 0 aliphatic carbocycles. The van der Waals surface area contributed by atoms with Crippen LogP contribution in [0.5, 0.6) is 0 Å². The van der Waals surface area contributed by atoms with Crippen LogP contribution in [0.4, 0.5) is 0 Å². The van der Waals surface area contributed by atoms with E-state index >= 15 is 0 Å². The molecule has 0 bridgehead atoms. The molecule has 2 atom stereocenters. The van der Waals surface area contributed by atoms with Gasteiger partial charge in [0.1, 0.15) is 12.1 Å². The second kappa shape index (κ2) is 8.49. The number of carbonyl (C=O) groups is 2. The molecular weight excluding hydrogens is 240 g/mol. The van der Waals surface area contributed by atoms with Crippen molar-refractivity contribution in [1.82, 2.24) is 0 Å². The summed E-state index contributed by atoms with van der Waals surface area (Å²) in [5.74, 6) is -0.355. The molecule has 6 heteroatoms. The van der Waals surface area contributed by atoms with E-state index in [0.717, 1.165) is 5.75 Å². The van der Waals surface area contributed by atoms with Gasteiger partial charge in [-0.2, -0.15) is 11.8 Å². The van der Waals surface area contributed by atoms with Gasteiger partial charge >= 0.3 is 11.9 Å². The molecule has 100 valence electrons. The lowest BCUT2D eigenvalue weighted by molar-refractivity contribution is -0.161. The van der Waals surface area contributed by atoms with Crippen LogP contribution in [-0.2, 0) is 14.3 Å². The zero-order valence-corrected chi connectivity index (χ0v) is 11.5. The summed E-state index contributed by atoms with van der Waals surface area (Å²) in [5, 5.41) is 0. The molecule has 0 amide bonds. The molecule has 0 radical (unpaired) electrons. The van der Waals surface area contributed by atoms with Gasteiger partial charge in [0.25, 0.3) is 0 Å². The predicted octanol–water partition coefficient (Wildman–Crippen LogP) is 0.510. The van der Waals surface area contributed by atoms with Crippen LogP contribution >= 0.6 is 11.8 Å². The number of ether oxygens (including phenoxy) is 1. The maximum absolute atomic E-state index is 11.4. The summed E-state index contributed by atoms with van der Waals surface area (Å²) in [6.45, 7) is 3.89. The summed E-state index contributed by atoms with van der Waals surface area (Å²) in [4.78, 5) is 22.9. The van der Waals surface area contributed by atoms with Gasteiger partial charge in [-0.3, -0.25) is 0 Å². The number of hydrogen-bond acceptors (Lipinski definition) is 6. The molecule has 0 rings (SSSR count). The third-order valence-electron chi connectivity index (χ3n) is 2.17. The monoisotopic (exact) mass is 262 g/mol. The minimum absolute atomic E-state index is 0.276. The maximum atomic E-state index is 11.4. The van der Waals surface area contributed by atoms with Crippen LogP contribution in [0.1, 0.15) is 26.7 Å². The lowest BCUT2D eigenvalue weighted by Gasteiger charge is -2.14. The SMILES string of the molecule is CSCC[C@H](N)C(=O)OC(=O)[C@@H](N)CC(C)C. The molecule has 0 unspecified atom stereocenters. The van der Waals surface area contributed by atoms with Crippen molar-refractivity contribution >= 4 is 23.7 Å². The van der Waals surface area contributed by atoms with Gasteiger partial charge in [0, 0.05) is 0 Å². The summed E-state index contributed by atoms with van der Waals surface area (Å²) in [6, 6.07) is -1.51. The van der Waals surface area contributed by atoms with Crippen molar-refractivity contribution in [2.45, 2.75) is 38.8 Å². The van der Waals surface area contributed by atoms with Crippen molar-refractivity contribution in [3.8, 4) is 0 Å². The normalized spacial score (nSPS) is 14.5. The second-order valence-electron chi connectivity index (χ2n) is 4.36. The van der Waals surface area contributed by atoms with Crippen molar-refractivity contribution in [2.75, 3.05) is 12.0 Å². The van der Waals surface area contributed by atoms with E-state index in [9.17, 15) is 9.59 Å². The lowest BCUT2D eigenvalue weighted by Crippen LogP contribution is -2.40. The Labute approximate surface area is 107 Å². The highest BCUT2D eigenvalue weighted by Gasteiger charge is 2.23. The fraction of sp³-hybridized carbons (Fsp3) is 0.818. The maximum Gasteiger partial charge on any atom is 0.330 e. The van der Waals surface area contributed by atoms with Crippen LogP contribution in [0.15, 0.2) is 0 Å². The molecule has 17 heavy (non-hydrogen) atoms. The fourth-order valence-electron chi connectivity index (χ4n) is 1.22. The Morgan fingerprint density at radius 2 is 1.71 bits per heavy atom. The van der Waals surface area contributed by atoms with Crippen LogP contribution in [-0.4, -0.2) is 36.0 Å². The van der Waals surface area contributed by atoms with Crippen LogP contribution < -0.4 is 11.5 Å². The van der Waals surface area contributed by atoms with Crippen molar-refractivity contribution in [2.24, 2.45) is 17.4 Å². The summed E-state index contributed by atoms with van der Waals surface area (Å²) in [5.41, 5.74) is 11.2. The van der Waals surface area contributed by atoms with E-state index in [-0.39, 0.29) is 5.92 Å². The Morgan fingerprint density at radius 3 is 2.18 bits per heavy atom. The van der Waals surface area contributed by atoms with Crippen molar-refractivity contribution in [1.29, 1.82) is 0 Å². The van der Waals surface area contributed by atoms with Crippen molar-refractivity contribution < 1.29 is 14.3 Å². The molecule has 0 heterocycles. The molecule has 0 fully saturated rings. The number of nitrogens with two attached hydrogens (primary N) is 2. The van der Waals surface area contributed by atoms with E-state index in [2.05, 4.69) is 4.74 Å². The molecule has 0 aliphatic heterocycles. The number of esters is 2. The number of carbonyl (C=O) groups excluding carboxylic acids is 2. The summed E-state index contributed by atoms with van der Waals surface area (Å²) >= 11 is 1.58. The molecular formula is C11H22N2O3S. The van der Waals surface area contributed by atoms with Crippen LogP contribution in [0.3, 0.4) is 0 Å². The van der Waals surface area contributed by atoms with E-state index in [1.807, 2.05) is 20.1 Å². The van der Waals surface area contributed by atoms with Gasteiger partial charge in [0.15, 0.2) is 0 Å². The summed E-state index contributed by atoms with van der Waals surface area (Å²) in [6.07, 6.45) is 2.90. The zero-order chi connectivity index (χ0) is 13.4. The molecule has 0 aliphatic rings. The minimum Gasteiger partial charge on any atom is -0.391 e. The Balaban J connectivity index is 4.06. The Bertz CT molecular complexity index is 259. The van der Waals surface area contributed by atoms with E-state index in [0.29, 0.717) is 12.8 Å². The minimum atomic E-state index is -0.758. The van der Waals surface area contributed by atoms with Gasteiger partial charge < -0.3 is 16.2 Å². The van der Waals surface area contributed by atoms with E-state index in [1.165, 1.54) is 0 Å². The first-order chi connectivity index (χ1) is 7.88. The summed E-state index contributed by atoms with van der Waals surface area (Å²) < 4.78 is 4.63. The van der Waals surface area contributed by atoms with Gasteiger partial charge in [-0.25, -0.2) is 9.59 Å². The third kappa shape index (κ3) is 7.36. The highest BCUT2D eigenvalue weighted by atomic mass is 32.2.